The van der Waals surface area contributed by atoms with Gasteiger partial charge < -0.3 is 9.84 Å². The molecule has 0 bridgehead atoms. The number of rotatable bonds is 3. The van der Waals surface area contributed by atoms with Crippen LogP contribution >= 0.6 is 12.4 Å². The summed E-state index contributed by atoms with van der Waals surface area (Å²) in [5.41, 5.74) is 4.48. The molecule has 1 aliphatic heterocycles. The van der Waals surface area contributed by atoms with Crippen molar-refractivity contribution in [2.45, 2.75) is 19.3 Å². The minimum atomic E-state index is -0.254. The van der Waals surface area contributed by atoms with E-state index in [2.05, 4.69) is 27.6 Å². The molecule has 130 valence electrons. The molecule has 4 rings (SSSR count). The third-order valence-electron chi connectivity index (χ3n) is 4.31. The molecule has 0 atom stereocenters. The summed E-state index contributed by atoms with van der Waals surface area (Å²) in [5.74, 6) is 0.823. The molecule has 6 heteroatoms. The van der Waals surface area contributed by atoms with E-state index in [0.29, 0.717) is 18.1 Å². The normalized spacial score (nSPS) is 13.6. The predicted molar refractivity (Wildman–Crippen MR) is 96.5 cm³/mol. The first-order valence-electron chi connectivity index (χ1n) is 8.18. The number of nitrogens with zero attached hydrogens (tertiary/aromatic N) is 2. The van der Waals surface area contributed by atoms with Crippen LogP contribution in [0.2, 0.25) is 0 Å². The van der Waals surface area contributed by atoms with Gasteiger partial charge in [0.25, 0.3) is 5.89 Å². The van der Waals surface area contributed by atoms with E-state index in [1.807, 2.05) is 12.1 Å². The van der Waals surface area contributed by atoms with Gasteiger partial charge in [0.15, 0.2) is 5.82 Å². The third-order valence-corrected chi connectivity index (χ3v) is 4.31. The molecule has 0 saturated carbocycles. The molecular weight excluding hydrogens is 341 g/mol. The molecule has 2 aromatic carbocycles. The zero-order valence-corrected chi connectivity index (χ0v) is 14.5. The molecule has 1 N–H and O–H groups in total. The standard InChI is InChI=1S/C19H18FN3O.ClH/c20-17-3-1-2-13(10-17)11-18-22-19(24-23-18)16-5-4-14-6-8-21-9-7-15(14)12-16;/h1-5,10,12,21H,6-9,11H2;1H. The van der Waals surface area contributed by atoms with Crippen molar-refractivity contribution in [1.82, 2.24) is 15.5 Å². The monoisotopic (exact) mass is 359 g/mol. The van der Waals surface area contributed by atoms with E-state index < -0.39 is 0 Å². The van der Waals surface area contributed by atoms with Crippen LogP contribution in [0.3, 0.4) is 0 Å². The second kappa shape index (κ2) is 7.76. The van der Waals surface area contributed by atoms with Crippen molar-refractivity contribution in [1.29, 1.82) is 0 Å². The lowest BCUT2D eigenvalue weighted by Crippen LogP contribution is -2.16. The van der Waals surface area contributed by atoms with E-state index in [9.17, 15) is 4.39 Å². The van der Waals surface area contributed by atoms with Gasteiger partial charge in [-0.1, -0.05) is 23.4 Å². The first-order valence-corrected chi connectivity index (χ1v) is 8.18. The molecule has 0 fully saturated rings. The van der Waals surface area contributed by atoms with Gasteiger partial charge in [-0.2, -0.15) is 4.98 Å². The Kier molecular flexibility index (Phi) is 5.46. The van der Waals surface area contributed by atoms with Crippen molar-refractivity contribution in [2.24, 2.45) is 0 Å². The highest BCUT2D eigenvalue weighted by Gasteiger charge is 2.13. The highest BCUT2D eigenvalue weighted by molar-refractivity contribution is 5.85. The van der Waals surface area contributed by atoms with Crippen LogP contribution in [0.25, 0.3) is 11.5 Å². The Morgan fingerprint density at radius 2 is 1.88 bits per heavy atom. The summed E-state index contributed by atoms with van der Waals surface area (Å²) >= 11 is 0. The van der Waals surface area contributed by atoms with Gasteiger partial charge in [0.1, 0.15) is 5.82 Å². The maximum Gasteiger partial charge on any atom is 0.257 e. The fourth-order valence-electron chi connectivity index (χ4n) is 3.08. The second-order valence-electron chi connectivity index (χ2n) is 6.06. The molecular formula is C19H19ClFN3O. The van der Waals surface area contributed by atoms with Crippen LogP contribution in [0, 0.1) is 5.82 Å². The Morgan fingerprint density at radius 3 is 2.72 bits per heavy atom. The minimum Gasteiger partial charge on any atom is -0.334 e. The Bertz CT molecular complexity index is 865. The van der Waals surface area contributed by atoms with Crippen LogP contribution in [0.15, 0.2) is 47.0 Å². The summed E-state index contributed by atoms with van der Waals surface area (Å²) in [6.45, 7) is 2.01. The van der Waals surface area contributed by atoms with Crippen LogP contribution in [0.4, 0.5) is 4.39 Å². The van der Waals surface area contributed by atoms with Gasteiger partial charge in [-0.05, 0) is 66.9 Å². The fourth-order valence-corrected chi connectivity index (χ4v) is 3.08. The van der Waals surface area contributed by atoms with E-state index in [-0.39, 0.29) is 18.2 Å². The minimum absolute atomic E-state index is 0. The smallest absolute Gasteiger partial charge is 0.257 e. The first kappa shape index (κ1) is 17.6. The average Bonchev–Trinajstić information content (AvgIpc) is 2.91. The number of benzene rings is 2. The van der Waals surface area contributed by atoms with E-state index >= 15 is 0 Å². The van der Waals surface area contributed by atoms with Gasteiger partial charge in [0.05, 0.1) is 0 Å². The molecule has 0 saturated heterocycles. The summed E-state index contributed by atoms with van der Waals surface area (Å²) in [5, 5.41) is 7.43. The maximum absolute atomic E-state index is 13.3. The van der Waals surface area contributed by atoms with Gasteiger partial charge in [0.2, 0.25) is 0 Å². The topological polar surface area (TPSA) is 51.0 Å². The highest BCUT2D eigenvalue weighted by Crippen LogP contribution is 2.23. The zero-order chi connectivity index (χ0) is 16.4. The fraction of sp³-hybridized carbons (Fsp3) is 0.263. The summed E-state index contributed by atoms with van der Waals surface area (Å²) in [6.07, 6.45) is 2.51. The predicted octanol–water partition coefficient (Wildman–Crippen LogP) is 3.58. The van der Waals surface area contributed by atoms with Crippen molar-refractivity contribution in [3.8, 4) is 11.5 Å². The number of halogens is 2. The zero-order valence-electron chi connectivity index (χ0n) is 13.7. The van der Waals surface area contributed by atoms with E-state index in [4.69, 9.17) is 4.52 Å². The Hall–Kier alpha value is -2.24. The number of hydrogen-bond acceptors (Lipinski definition) is 4. The second-order valence-corrected chi connectivity index (χ2v) is 6.06. The Morgan fingerprint density at radius 1 is 1.04 bits per heavy atom. The highest BCUT2D eigenvalue weighted by atomic mass is 35.5. The lowest BCUT2D eigenvalue weighted by molar-refractivity contribution is 0.424. The quantitative estimate of drug-likeness (QED) is 0.776. The van der Waals surface area contributed by atoms with E-state index in [0.717, 1.165) is 37.1 Å². The van der Waals surface area contributed by atoms with Crippen molar-refractivity contribution in [3.05, 3.63) is 70.8 Å². The summed E-state index contributed by atoms with van der Waals surface area (Å²) in [7, 11) is 0. The van der Waals surface area contributed by atoms with Crippen LogP contribution in [-0.4, -0.2) is 23.2 Å². The van der Waals surface area contributed by atoms with Gasteiger partial charge in [-0.3, -0.25) is 0 Å². The number of nitrogens with one attached hydrogen (secondary N) is 1. The van der Waals surface area contributed by atoms with Gasteiger partial charge in [0, 0.05) is 12.0 Å². The molecule has 4 nitrogen and oxygen atoms in total. The number of fused-ring (bicyclic) bond motifs is 1. The average molecular weight is 360 g/mol. The lowest BCUT2D eigenvalue weighted by atomic mass is 10.00. The molecule has 3 aromatic rings. The van der Waals surface area contributed by atoms with E-state index in [1.165, 1.54) is 23.3 Å². The molecule has 25 heavy (non-hydrogen) atoms. The molecule has 0 spiro atoms. The van der Waals surface area contributed by atoms with Crippen molar-refractivity contribution in [2.75, 3.05) is 13.1 Å². The summed E-state index contributed by atoms with van der Waals surface area (Å²) in [4.78, 5) is 4.46. The van der Waals surface area contributed by atoms with Crippen molar-refractivity contribution < 1.29 is 8.91 Å². The Balaban J connectivity index is 0.00000182. The maximum atomic E-state index is 13.3. The molecule has 0 radical (unpaired) electrons. The number of hydrogen-bond donors (Lipinski definition) is 1. The van der Waals surface area contributed by atoms with Crippen LogP contribution in [0.1, 0.15) is 22.5 Å². The van der Waals surface area contributed by atoms with Crippen LogP contribution in [0.5, 0.6) is 0 Å². The lowest BCUT2D eigenvalue weighted by Gasteiger charge is -2.05. The SMILES string of the molecule is Cl.Fc1cccc(Cc2noc(-c3ccc4c(c3)CCNCC4)n2)c1. The van der Waals surface area contributed by atoms with Gasteiger partial charge in [-0.25, -0.2) is 4.39 Å². The van der Waals surface area contributed by atoms with Crippen molar-refractivity contribution >= 4 is 12.4 Å². The molecule has 0 amide bonds. The largest absolute Gasteiger partial charge is 0.334 e. The van der Waals surface area contributed by atoms with Gasteiger partial charge >= 0.3 is 0 Å². The molecule has 1 aliphatic rings. The summed E-state index contributed by atoms with van der Waals surface area (Å²) in [6, 6.07) is 12.8. The van der Waals surface area contributed by atoms with Gasteiger partial charge in [-0.15, -0.1) is 12.4 Å². The van der Waals surface area contributed by atoms with Crippen LogP contribution in [-0.2, 0) is 19.3 Å². The van der Waals surface area contributed by atoms with E-state index in [1.54, 1.807) is 6.07 Å². The molecule has 2 heterocycles. The third kappa shape index (κ3) is 4.06. The first-order chi connectivity index (χ1) is 11.8. The van der Waals surface area contributed by atoms with Crippen molar-refractivity contribution in [3.63, 3.8) is 0 Å². The van der Waals surface area contributed by atoms with Crippen LogP contribution < -0.4 is 5.32 Å². The molecule has 1 aromatic heterocycles. The molecule has 0 aliphatic carbocycles. The molecule has 0 unspecified atom stereocenters. The number of aromatic nitrogens is 2. The Labute approximate surface area is 151 Å². The summed E-state index contributed by atoms with van der Waals surface area (Å²) < 4.78 is 18.7.